The largest absolute Gasteiger partial charge is 0.381 e. The summed E-state index contributed by atoms with van der Waals surface area (Å²) in [5.41, 5.74) is 6.19. The molecule has 16 heavy (non-hydrogen) atoms. The lowest BCUT2D eigenvalue weighted by molar-refractivity contribution is 0.106. The Hall–Kier alpha value is -0.0800. The van der Waals surface area contributed by atoms with Crippen molar-refractivity contribution >= 4 is 0 Å². The summed E-state index contributed by atoms with van der Waals surface area (Å²) < 4.78 is 5.68. The van der Waals surface area contributed by atoms with E-state index in [0.717, 1.165) is 19.1 Å². The van der Waals surface area contributed by atoms with Crippen molar-refractivity contribution in [1.29, 1.82) is 0 Å². The summed E-state index contributed by atoms with van der Waals surface area (Å²) >= 11 is 0. The van der Waals surface area contributed by atoms with Gasteiger partial charge in [-0.2, -0.15) is 0 Å². The van der Waals surface area contributed by atoms with Gasteiger partial charge in [-0.25, -0.2) is 0 Å². The molecule has 0 aromatic carbocycles. The first-order valence-corrected chi connectivity index (χ1v) is 7.03. The van der Waals surface area contributed by atoms with Crippen molar-refractivity contribution in [3.8, 4) is 0 Å². The normalized spacial score (nSPS) is 27.0. The number of hydrogen-bond donors (Lipinski definition) is 1. The molecule has 0 spiro atoms. The zero-order valence-corrected chi connectivity index (χ0v) is 11.1. The zero-order chi connectivity index (χ0) is 11.8. The molecular formula is C14H29NO. The lowest BCUT2D eigenvalue weighted by atomic mass is 9.93. The van der Waals surface area contributed by atoms with Crippen LogP contribution in [0.25, 0.3) is 0 Å². The molecule has 2 heteroatoms. The fourth-order valence-corrected chi connectivity index (χ4v) is 2.43. The molecule has 0 amide bonds. The molecular weight excluding hydrogens is 198 g/mol. The Balaban J connectivity index is 2.06. The first kappa shape index (κ1) is 14.0. The number of rotatable bonds is 6. The monoisotopic (exact) mass is 227 g/mol. The second-order valence-electron chi connectivity index (χ2n) is 5.65. The minimum absolute atomic E-state index is 0.427. The van der Waals surface area contributed by atoms with Gasteiger partial charge in [0.25, 0.3) is 0 Å². The van der Waals surface area contributed by atoms with Crippen molar-refractivity contribution in [3.63, 3.8) is 0 Å². The lowest BCUT2D eigenvalue weighted by Crippen LogP contribution is -2.29. The maximum atomic E-state index is 6.19. The second-order valence-corrected chi connectivity index (χ2v) is 5.65. The minimum atomic E-state index is 0.427. The van der Waals surface area contributed by atoms with Crippen molar-refractivity contribution in [2.75, 3.05) is 13.2 Å². The van der Waals surface area contributed by atoms with Crippen LogP contribution < -0.4 is 5.73 Å². The topological polar surface area (TPSA) is 35.2 Å². The highest BCUT2D eigenvalue weighted by atomic mass is 16.5. The van der Waals surface area contributed by atoms with Crippen molar-refractivity contribution in [2.24, 2.45) is 17.6 Å². The highest BCUT2D eigenvalue weighted by molar-refractivity contribution is 4.76. The summed E-state index contributed by atoms with van der Waals surface area (Å²) in [6.07, 6.45) is 8.94. The van der Waals surface area contributed by atoms with Gasteiger partial charge in [-0.15, -0.1) is 0 Å². The van der Waals surface area contributed by atoms with Gasteiger partial charge in [0, 0.05) is 19.3 Å². The molecule has 0 aliphatic heterocycles. The first-order valence-electron chi connectivity index (χ1n) is 7.03. The van der Waals surface area contributed by atoms with Gasteiger partial charge in [-0.3, -0.25) is 0 Å². The molecule has 0 aromatic heterocycles. The van der Waals surface area contributed by atoms with Crippen LogP contribution in [0.3, 0.4) is 0 Å². The summed E-state index contributed by atoms with van der Waals surface area (Å²) in [6, 6.07) is 0.427. The third-order valence-corrected chi connectivity index (χ3v) is 3.69. The third-order valence-electron chi connectivity index (χ3n) is 3.69. The van der Waals surface area contributed by atoms with Gasteiger partial charge in [0.2, 0.25) is 0 Å². The summed E-state index contributed by atoms with van der Waals surface area (Å²) in [5.74, 6) is 1.46. The Morgan fingerprint density at radius 2 is 1.88 bits per heavy atom. The van der Waals surface area contributed by atoms with Gasteiger partial charge in [0.15, 0.2) is 0 Å². The molecule has 1 aliphatic rings. The summed E-state index contributed by atoms with van der Waals surface area (Å²) in [7, 11) is 0. The van der Waals surface area contributed by atoms with Gasteiger partial charge in [-0.05, 0) is 37.5 Å². The van der Waals surface area contributed by atoms with Crippen molar-refractivity contribution in [3.05, 3.63) is 0 Å². The molecule has 1 saturated carbocycles. The van der Waals surface area contributed by atoms with Crippen molar-refractivity contribution in [1.82, 2.24) is 0 Å². The van der Waals surface area contributed by atoms with Crippen LogP contribution >= 0.6 is 0 Å². The average Bonchev–Trinajstić information content (AvgIpc) is 2.43. The molecule has 0 aromatic rings. The van der Waals surface area contributed by atoms with Gasteiger partial charge in [-0.1, -0.05) is 33.1 Å². The van der Waals surface area contributed by atoms with Crippen LogP contribution in [0, 0.1) is 11.8 Å². The second kappa shape index (κ2) is 8.08. The molecule has 1 aliphatic carbocycles. The Kier molecular flexibility index (Phi) is 7.06. The highest BCUT2D eigenvalue weighted by Gasteiger charge is 2.19. The molecule has 0 bridgehead atoms. The summed E-state index contributed by atoms with van der Waals surface area (Å²) in [6.45, 7) is 6.31. The maximum absolute atomic E-state index is 6.19. The van der Waals surface area contributed by atoms with E-state index in [4.69, 9.17) is 10.5 Å². The molecule has 2 nitrogen and oxygen atoms in total. The Bertz CT molecular complexity index is 170. The van der Waals surface area contributed by atoms with Crippen molar-refractivity contribution < 1.29 is 4.74 Å². The maximum Gasteiger partial charge on any atom is 0.0469 e. The van der Waals surface area contributed by atoms with E-state index in [0.29, 0.717) is 12.0 Å². The lowest BCUT2D eigenvalue weighted by Gasteiger charge is -2.21. The molecule has 2 atom stereocenters. The molecule has 0 saturated heterocycles. The van der Waals surface area contributed by atoms with Gasteiger partial charge in [0.1, 0.15) is 0 Å². The molecule has 1 rings (SSSR count). The van der Waals surface area contributed by atoms with E-state index in [-0.39, 0.29) is 0 Å². The predicted octanol–water partition coefficient (Wildman–Crippen LogP) is 3.35. The molecule has 2 N–H and O–H groups in total. The number of nitrogens with two attached hydrogens (primary N) is 1. The Morgan fingerprint density at radius 1 is 1.12 bits per heavy atom. The zero-order valence-electron chi connectivity index (χ0n) is 11.1. The molecule has 2 unspecified atom stereocenters. The first-order chi connectivity index (χ1) is 7.70. The van der Waals surface area contributed by atoms with E-state index in [1.165, 1.54) is 44.9 Å². The van der Waals surface area contributed by atoms with Gasteiger partial charge >= 0.3 is 0 Å². The minimum Gasteiger partial charge on any atom is -0.381 e. The van der Waals surface area contributed by atoms with Gasteiger partial charge in [0.05, 0.1) is 0 Å². The van der Waals surface area contributed by atoms with Crippen LogP contribution in [0.15, 0.2) is 0 Å². The molecule has 1 fully saturated rings. The average molecular weight is 227 g/mol. The van der Waals surface area contributed by atoms with E-state index in [9.17, 15) is 0 Å². The number of hydrogen-bond acceptors (Lipinski definition) is 2. The van der Waals surface area contributed by atoms with E-state index >= 15 is 0 Å². The fourth-order valence-electron chi connectivity index (χ4n) is 2.43. The van der Waals surface area contributed by atoms with Crippen molar-refractivity contribution in [2.45, 2.75) is 64.8 Å². The highest BCUT2D eigenvalue weighted by Crippen LogP contribution is 2.24. The van der Waals surface area contributed by atoms with E-state index < -0.39 is 0 Å². The summed E-state index contributed by atoms with van der Waals surface area (Å²) in [5, 5.41) is 0. The Morgan fingerprint density at radius 3 is 2.62 bits per heavy atom. The van der Waals surface area contributed by atoms with Gasteiger partial charge < -0.3 is 10.5 Å². The van der Waals surface area contributed by atoms with Crippen LogP contribution in [0.1, 0.15) is 58.8 Å². The quantitative estimate of drug-likeness (QED) is 0.558. The van der Waals surface area contributed by atoms with Crippen LogP contribution in [-0.4, -0.2) is 19.3 Å². The van der Waals surface area contributed by atoms with E-state index in [2.05, 4.69) is 13.8 Å². The molecule has 0 heterocycles. The fraction of sp³-hybridized carbons (Fsp3) is 1.00. The molecule has 0 radical (unpaired) electrons. The van der Waals surface area contributed by atoms with Crippen LogP contribution in [0.4, 0.5) is 0 Å². The van der Waals surface area contributed by atoms with Crippen LogP contribution in [-0.2, 0) is 4.74 Å². The predicted molar refractivity (Wildman–Crippen MR) is 69.4 cm³/mol. The summed E-state index contributed by atoms with van der Waals surface area (Å²) in [4.78, 5) is 0. The Labute approximate surface area is 101 Å². The number of ether oxygens (including phenoxy) is 1. The molecule has 96 valence electrons. The SMILES string of the molecule is CC(C)CCOCCC1CCCCCC1N. The van der Waals surface area contributed by atoms with Crippen LogP contribution in [0.5, 0.6) is 0 Å². The van der Waals surface area contributed by atoms with E-state index in [1.54, 1.807) is 0 Å². The van der Waals surface area contributed by atoms with E-state index in [1.807, 2.05) is 0 Å². The third kappa shape index (κ3) is 5.86. The standard InChI is InChI=1S/C14H29NO/c1-12(2)8-10-16-11-9-13-6-4-3-5-7-14(13)15/h12-14H,3-11,15H2,1-2H3. The smallest absolute Gasteiger partial charge is 0.0469 e. The van der Waals surface area contributed by atoms with Crippen LogP contribution in [0.2, 0.25) is 0 Å².